The molecule has 0 aliphatic heterocycles. The SMILES string of the molecule is CN(Cc1ccncc1)C1(CN)CCCC2CC21. The first-order chi connectivity index (χ1) is 8.76. The summed E-state index contributed by atoms with van der Waals surface area (Å²) in [4.78, 5) is 6.59. The van der Waals surface area contributed by atoms with Crippen LogP contribution in [0.1, 0.15) is 31.2 Å². The largest absolute Gasteiger partial charge is 0.329 e. The molecule has 0 aromatic carbocycles. The molecule has 0 bridgehead atoms. The molecule has 2 saturated carbocycles. The summed E-state index contributed by atoms with van der Waals surface area (Å²) in [6, 6.07) is 4.21. The van der Waals surface area contributed by atoms with Crippen molar-refractivity contribution in [3.63, 3.8) is 0 Å². The fourth-order valence-electron chi connectivity index (χ4n) is 3.88. The van der Waals surface area contributed by atoms with Crippen molar-refractivity contribution in [2.75, 3.05) is 13.6 Å². The minimum Gasteiger partial charge on any atom is -0.329 e. The van der Waals surface area contributed by atoms with Crippen LogP contribution in [-0.4, -0.2) is 29.0 Å². The molecular formula is C15H23N3. The number of hydrogen-bond donors (Lipinski definition) is 1. The van der Waals surface area contributed by atoms with E-state index in [-0.39, 0.29) is 5.54 Å². The molecule has 2 fully saturated rings. The second-order valence-electron chi connectivity index (χ2n) is 6.01. The van der Waals surface area contributed by atoms with Gasteiger partial charge in [-0.15, -0.1) is 0 Å². The quantitative estimate of drug-likeness (QED) is 0.882. The minimum atomic E-state index is 0.256. The summed E-state index contributed by atoms with van der Waals surface area (Å²) in [6.45, 7) is 1.79. The van der Waals surface area contributed by atoms with Crippen molar-refractivity contribution in [1.82, 2.24) is 9.88 Å². The van der Waals surface area contributed by atoms with Gasteiger partial charge >= 0.3 is 0 Å². The zero-order chi connectivity index (χ0) is 12.6. The summed E-state index contributed by atoms with van der Waals surface area (Å²) in [7, 11) is 2.24. The Kier molecular flexibility index (Phi) is 3.12. The maximum atomic E-state index is 6.16. The lowest BCUT2D eigenvalue weighted by atomic mass is 9.80. The predicted molar refractivity (Wildman–Crippen MR) is 72.9 cm³/mol. The molecule has 3 rings (SSSR count). The Hall–Kier alpha value is -0.930. The lowest BCUT2D eigenvalue weighted by molar-refractivity contribution is 0.0613. The van der Waals surface area contributed by atoms with Crippen LogP contribution in [0.3, 0.4) is 0 Å². The maximum absolute atomic E-state index is 6.16. The van der Waals surface area contributed by atoms with E-state index in [9.17, 15) is 0 Å². The topological polar surface area (TPSA) is 42.2 Å². The first-order valence-electron chi connectivity index (χ1n) is 7.06. The van der Waals surface area contributed by atoms with Crippen molar-refractivity contribution >= 4 is 0 Å². The van der Waals surface area contributed by atoms with Gasteiger partial charge in [-0.25, -0.2) is 0 Å². The van der Waals surface area contributed by atoms with Crippen molar-refractivity contribution < 1.29 is 0 Å². The number of fused-ring (bicyclic) bond motifs is 1. The summed E-state index contributed by atoms with van der Waals surface area (Å²) >= 11 is 0. The summed E-state index contributed by atoms with van der Waals surface area (Å²) in [5, 5.41) is 0. The second-order valence-corrected chi connectivity index (χ2v) is 6.01. The van der Waals surface area contributed by atoms with Gasteiger partial charge in [0.1, 0.15) is 0 Å². The fourth-order valence-corrected chi connectivity index (χ4v) is 3.88. The van der Waals surface area contributed by atoms with Crippen LogP contribution in [0.4, 0.5) is 0 Å². The van der Waals surface area contributed by atoms with Crippen LogP contribution in [0.15, 0.2) is 24.5 Å². The number of rotatable bonds is 4. The van der Waals surface area contributed by atoms with Gasteiger partial charge in [0.05, 0.1) is 0 Å². The Balaban J connectivity index is 1.75. The molecule has 3 heteroatoms. The first-order valence-corrected chi connectivity index (χ1v) is 7.06. The smallest absolute Gasteiger partial charge is 0.0363 e. The predicted octanol–water partition coefficient (Wildman–Crippen LogP) is 2.03. The Labute approximate surface area is 109 Å². The Morgan fingerprint density at radius 2 is 2.22 bits per heavy atom. The van der Waals surface area contributed by atoms with E-state index >= 15 is 0 Å². The van der Waals surface area contributed by atoms with E-state index in [2.05, 4.69) is 29.1 Å². The van der Waals surface area contributed by atoms with Crippen molar-refractivity contribution in [2.24, 2.45) is 17.6 Å². The van der Waals surface area contributed by atoms with E-state index in [4.69, 9.17) is 5.73 Å². The molecule has 18 heavy (non-hydrogen) atoms. The van der Waals surface area contributed by atoms with Crippen molar-refractivity contribution in [3.8, 4) is 0 Å². The molecule has 3 unspecified atom stereocenters. The highest BCUT2D eigenvalue weighted by Gasteiger charge is 2.55. The lowest BCUT2D eigenvalue weighted by Gasteiger charge is -2.44. The Bertz CT molecular complexity index is 405. The van der Waals surface area contributed by atoms with Crippen LogP contribution in [0.5, 0.6) is 0 Å². The number of likely N-dealkylation sites (N-methyl/N-ethyl adjacent to an activating group) is 1. The lowest BCUT2D eigenvalue weighted by Crippen LogP contribution is -2.55. The van der Waals surface area contributed by atoms with Crippen LogP contribution in [0, 0.1) is 11.8 Å². The van der Waals surface area contributed by atoms with Gasteiger partial charge < -0.3 is 5.73 Å². The molecule has 1 heterocycles. The molecule has 2 N–H and O–H groups in total. The molecule has 1 aromatic heterocycles. The van der Waals surface area contributed by atoms with E-state index in [1.54, 1.807) is 0 Å². The van der Waals surface area contributed by atoms with Gasteiger partial charge in [0.15, 0.2) is 0 Å². The molecule has 0 spiro atoms. The Morgan fingerprint density at radius 3 is 2.94 bits per heavy atom. The third kappa shape index (κ3) is 1.95. The molecule has 3 atom stereocenters. The van der Waals surface area contributed by atoms with E-state index in [1.165, 1.54) is 31.2 Å². The highest BCUT2D eigenvalue weighted by Crippen LogP contribution is 2.56. The van der Waals surface area contributed by atoms with Crippen molar-refractivity contribution in [2.45, 2.75) is 37.8 Å². The maximum Gasteiger partial charge on any atom is 0.0363 e. The van der Waals surface area contributed by atoms with Crippen molar-refractivity contribution in [1.29, 1.82) is 0 Å². The van der Waals surface area contributed by atoms with Gasteiger partial charge in [-0.05, 0) is 49.4 Å². The van der Waals surface area contributed by atoms with E-state index < -0.39 is 0 Å². The monoisotopic (exact) mass is 245 g/mol. The molecule has 2 aliphatic carbocycles. The third-order valence-electron chi connectivity index (χ3n) is 5.08. The average Bonchev–Trinajstić information content (AvgIpc) is 3.19. The number of nitrogens with two attached hydrogens (primary N) is 1. The zero-order valence-corrected chi connectivity index (χ0v) is 11.2. The molecule has 0 amide bonds. The zero-order valence-electron chi connectivity index (χ0n) is 11.2. The number of pyridine rings is 1. The van der Waals surface area contributed by atoms with Gasteiger partial charge in [-0.3, -0.25) is 9.88 Å². The summed E-state index contributed by atoms with van der Waals surface area (Å²) in [5.41, 5.74) is 7.75. The number of hydrogen-bond acceptors (Lipinski definition) is 3. The highest BCUT2D eigenvalue weighted by atomic mass is 15.2. The first kappa shape index (κ1) is 12.1. The van der Waals surface area contributed by atoms with Crippen molar-refractivity contribution in [3.05, 3.63) is 30.1 Å². The van der Waals surface area contributed by atoms with Crippen LogP contribution in [0.2, 0.25) is 0 Å². The van der Waals surface area contributed by atoms with Gasteiger partial charge in [0.2, 0.25) is 0 Å². The van der Waals surface area contributed by atoms with Crippen LogP contribution in [-0.2, 0) is 6.54 Å². The molecule has 2 aliphatic rings. The molecule has 0 radical (unpaired) electrons. The van der Waals surface area contributed by atoms with Gasteiger partial charge in [-0.2, -0.15) is 0 Å². The van der Waals surface area contributed by atoms with Gasteiger partial charge in [0, 0.05) is 31.0 Å². The summed E-state index contributed by atoms with van der Waals surface area (Å²) in [5.74, 6) is 1.81. The fraction of sp³-hybridized carbons (Fsp3) is 0.667. The molecule has 3 nitrogen and oxygen atoms in total. The van der Waals surface area contributed by atoms with Crippen LogP contribution >= 0.6 is 0 Å². The number of nitrogens with zero attached hydrogens (tertiary/aromatic N) is 2. The minimum absolute atomic E-state index is 0.256. The van der Waals surface area contributed by atoms with E-state index in [1.807, 2.05) is 12.4 Å². The molecule has 1 aromatic rings. The summed E-state index contributed by atoms with van der Waals surface area (Å²) in [6.07, 6.45) is 9.19. The van der Waals surface area contributed by atoms with E-state index in [0.29, 0.717) is 0 Å². The van der Waals surface area contributed by atoms with Gasteiger partial charge in [0.25, 0.3) is 0 Å². The molecule has 98 valence electrons. The van der Waals surface area contributed by atoms with E-state index in [0.717, 1.165) is 24.9 Å². The summed E-state index contributed by atoms with van der Waals surface area (Å²) < 4.78 is 0. The highest BCUT2D eigenvalue weighted by molar-refractivity contribution is 5.14. The normalized spacial score (nSPS) is 34.4. The average molecular weight is 245 g/mol. The standard InChI is InChI=1S/C15H23N3/c1-18(10-12-4-7-17-8-5-12)15(11-16)6-2-3-13-9-14(13)15/h4-5,7-8,13-14H,2-3,6,9-11,16H2,1H3. The van der Waals surface area contributed by atoms with Crippen LogP contribution in [0.25, 0.3) is 0 Å². The molecular weight excluding hydrogens is 222 g/mol. The number of aromatic nitrogens is 1. The van der Waals surface area contributed by atoms with Gasteiger partial charge in [-0.1, -0.05) is 12.8 Å². The second kappa shape index (κ2) is 4.63. The van der Waals surface area contributed by atoms with Crippen LogP contribution < -0.4 is 5.73 Å². The molecule has 0 saturated heterocycles. The third-order valence-corrected chi connectivity index (χ3v) is 5.08. The Morgan fingerprint density at radius 1 is 1.44 bits per heavy atom.